The molecule has 1 aromatic heterocycles. The Labute approximate surface area is 102 Å². The highest BCUT2D eigenvalue weighted by molar-refractivity contribution is 14.1. The smallest absolute Gasteiger partial charge is 0.328 e. The fourth-order valence-corrected chi connectivity index (χ4v) is 1.97. The van der Waals surface area contributed by atoms with Crippen molar-refractivity contribution in [3.8, 4) is 0 Å². The molecule has 2 heterocycles. The van der Waals surface area contributed by atoms with Crippen molar-refractivity contribution in [1.29, 1.82) is 0 Å². The number of barbiturate groups is 1. The van der Waals surface area contributed by atoms with Crippen molar-refractivity contribution < 1.29 is 23.9 Å². The van der Waals surface area contributed by atoms with Crippen LogP contribution in [0.1, 0.15) is 5.56 Å². The SMILES string of the molecule is O=C1NC(=O)C(O)(c2cocc2I)C(=O)N1. The molecule has 0 saturated carbocycles. The summed E-state index contributed by atoms with van der Waals surface area (Å²) >= 11 is 1.79. The fourth-order valence-electron chi connectivity index (χ4n) is 1.31. The van der Waals surface area contributed by atoms with E-state index in [-0.39, 0.29) is 5.56 Å². The largest absolute Gasteiger partial charge is 0.471 e. The lowest BCUT2D eigenvalue weighted by molar-refractivity contribution is -0.155. The van der Waals surface area contributed by atoms with Gasteiger partial charge in [-0.1, -0.05) is 0 Å². The van der Waals surface area contributed by atoms with Crippen molar-refractivity contribution >= 4 is 40.4 Å². The summed E-state index contributed by atoms with van der Waals surface area (Å²) in [7, 11) is 0. The Kier molecular flexibility index (Phi) is 2.46. The normalized spacial score (nSPS) is 19.2. The Hall–Kier alpha value is -1.42. The maximum absolute atomic E-state index is 11.5. The predicted molar refractivity (Wildman–Crippen MR) is 57.0 cm³/mol. The number of hydrogen-bond donors (Lipinski definition) is 3. The van der Waals surface area contributed by atoms with Gasteiger partial charge in [0.25, 0.3) is 17.4 Å². The van der Waals surface area contributed by atoms with Crippen molar-refractivity contribution in [3.05, 3.63) is 21.7 Å². The molecule has 8 heteroatoms. The number of furan rings is 1. The van der Waals surface area contributed by atoms with Gasteiger partial charge in [-0.25, -0.2) is 4.79 Å². The molecule has 16 heavy (non-hydrogen) atoms. The third-order valence-corrected chi connectivity index (χ3v) is 2.95. The van der Waals surface area contributed by atoms with Gasteiger partial charge in [0.05, 0.1) is 15.4 Å². The van der Waals surface area contributed by atoms with E-state index in [4.69, 9.17) is 4.42 Å². The minimum absolute atomic E-state index is 0.00407. The summed E-state index contributed by atoms with van der Waals surface area (Å²) in [5, 5.41) is 13.6. The van der Waals surface area contributed by atoms with E-state index in [2.05, 4.69) is 0 Å². The van der Waals surface area contributed by atoms with Crippen LogP contribution in [-0.2, 0) is 15.2 Å². The number of hydrogen-bond acceptors (Lipinski definition) is 5. The standard InChI is InChI=1S/C8H5IN2O5/c9-4-2-16-1-3(4)8(15)5(12)10-7(14)11-6(8)13/h1-2,15H,(H2,10,11,12,13,14). The van der Waals surface area contributed by atoms with Crippen LogP contribution in [-0.4, -0.2) is 23.0 Å². The molecule has 1 aromatic rings. The summed E-state index contributed by atoms with van der Waals surface area (Å²) in [5.41, 5.74) is -2.44. The molecule has 0 radical (unpaired) electrons. The highest BCUT2D eigenvalue weighted by Crippen LogP contribution is 2.28. The van der Waals surface area contributed by atoms with Crippen LogP contribution in [0.4, 0.5) is 4.79 Å². The fraction of sp³-hybridized carbons (Fsp3) is 0.125. The lowest BCUT2D eigenvalue weighted by Gasteiger charge is -2.28. The average Bonchev–Trinajstić information content (AvgIpc) is 2.61. The number of aliphatic hydroxyl groups is 1. The third kappa shape index (κ3) is 1.41. The predicted octanol–water partition coefficient (Wildman–Crippen LogP) is -0.562. The average molecular weight is 336 g/mol. The molecular weight excluding hydrogens is 331 g/mol. The zero-order valence-electron chi connectivity index (χ0n) is 7.61. The van der Waals surface area contributed by atoms with Gasteiger partial charge in [-0.15, -0.1) is 0 Å². The van der Waals surface area contributed by atoms with Gasteiger partial charge in [-0.3, -0.25) is 20.2 Å². The van der Waals surface area contributed by atoms with Crippen LogP contribution in [0.3, 0.4) is 0 Å². The second-order valence-electron chi connectivity index (χ2n) is 3.08. The zero-order valence-corrected chi connectivity index (χ0v) is 9.77. The van der Waals surface area contributed by atoms with E-state index in [1.54, 1.807) is 22.6 Å². The van der Waals surface area contributed by atoms with Crippen LogP contribution < -0.4 is 10.6 Å². The Morgan fingerprint density at radius 1 is 1.19 bits per heavy atom. The van der Waals surface area contributed by atoms with Gasteiger partial charge in [0.2, 0.25) is 0 Å². The molecule has 1 saturated heterocycles. The highest BCUT2D eigenvalue weighted by Gasteiger charge is 2.52. The van der Waals surface area contributed by atoms with Crippen LogP contribution in [0, 0.1) is 3.57 Å². The molecule has 7 nitrogen and oxygen atoms in total. The van der Waals surface area contributed by atoms with E-state index in [0.29, 0.717) is 3.57 Å². The van der Waals surface area contributed by atoms with E-state index >= 15 is 0 Å². The summed E-state index contributed by atoms with van der Waals surface area (Å²) in [6, 6.07) is -0.960. The monoisotopic (exact) mass is 336 g/mol. The lowest BCUT2D eigenvalue weighted by Crippen LogP contribution is -2.64. The van der Waals surface area contributed by atoms with E-state index in [1.807, 2.05) is 10.6 Å². The Morgan fingerprint density at radius 3 is 2.19 bits per heavy atom. The number of imide groups is 2. The molecule has 0 aromatic carbocycles. The summed E-state index contributed by atoms with van der Waals surface area (Å²) in [5.74, 6) is -2.19. The van der Waals surface area contributed by atoms with Crippen molar-refractivity contribution in [3.63, 3.8) is 0 Å². The number of halogens is 1. The second kappa shape index (κ2) is 3.56. The van der Waals surface area contributed by atoms with Gasteiger partial charge in [-0.05, 0) is 22.6 Å². The van der Waals surface area contributed by atoms with Gasteiger partial charge in [0, 0.05) is 0 Å². The molecule has 0 unspecified atom stereocenters. The molecule has 4 amide bonds. The Morgan fingerprint density at radius 2 is 1.75 bits per heavy atom. The molecule has 0 aliphatic carbocycles. The summed E-state index contributed by atoms with van der Waals surface area (Å²) < 4.78 is 5.18. The second-order valence-corrected chi connectivity index (χ2v) is 4.24. The molecular formula is C8H5IN2O5. The van der Waals surface area contributed by atoms with E-state index in [1.165, 1.54) is 6.26 Å². The van der Waals surface area contributed by atoms with Gasteiger partial charge in [0.1, 0.15) is 6.26 Å². The van der Waals surface area contributed by atoms with Gasteiger partial charge < -0.3 is 9.52 Å². The van der Waals surface area contributed by atoms with Crippen LogP contribution in [0.15, 0.2) is 16.9 Å². The number of urea groups is 1. The molecule has 2 rings (SSSR count). The Bertz CT molecular complexity index is 474. The van der Waals surface area contributed by atoms with Gasteiger partial charge >= 0.3 is 6.03 Å². The third-order valence-electron chi connectivity index (χ3n) is 2.12. The van der Waals surface area contributed by atoms with E-state index < -0.39 is 23.4 Å². The Balaban J connectivity index is 2.52. The molecule has 0 bridgehead atoms. The summed E-state index contributed by atoms with van der Waals surface area (Å²) in [6.45, 7) is 0. The van der Waals surface area contributed by atoms with E-state index in [0.717, 1.165) is 6.26 Å². The molecule has 0 spiro atoms. The molecule has 3 N–H and O–H groups in total. The first kappa shape index (κ1) is 11.1. The molecule has 1 aliphatic rings. The maximum atomic E-state index is 11.5. The number of rotatable bonds is 1. The van der Waals surface area contributed by atoms with Crippen molar-refractivity contribution in [1.82, 2.24) is 10.6 Å². The number of carbonyl (C=O) groups is 3. The molecule has 1 aliphatic heterocycles. The van der Waals surface area contributed by atoms with Gasteiger partial charge in [-0.2, -0.15) is 0 Å². The number of amides is 4. The number of nitrogens with one attached hydrogen (secondary N) is 2. The van der Waals surface area contributed by atoms with Crippen molar-refractivity contribution in [2.45, 2.75) is 5.60 Å². The van der Waals surface area contributed by atoms with Crippen LogP contribution >= 0.6 is 22.6 Å². The minimum atomic E-state index is -2.43. The molecule has 84 valence electrons. The summed E-state index contributed by atoms with van der Waals surface area (Å²) in [6.07, 6.45) is 2.35. The first-order valence-electron chi connectivity index (χ1n) is 4.07. The zero-order chi connectivity index (χ0) is 11.9. The molecule has 1 fully saturated rings. The highest BCUT2D eigenvalue weighted by atomic mass is 127. The van der Waals surface area contributed by atoms with Crippen molar-refractivity contribution in [2.24, 2.45) is 0 Å². The van der Waals surface area contributed by atoms with Crippen LogP contribution in [0.5, 0.6) is 0 Å². The lowest BCUT2D eigenvalue weighted by atomic mass is 9.93. The maximum Gasteiger partial charge on any atom is 0.328 e. The first-order chi connectivity index (χ1) is 7.46. The first-order valence-corrected chi connectivity index (χ1v) is 5.15. The van der Waals surface area contributed by atoms with Crippen LogP contribution in [0.2, 0.25) is 0 Å². The topological polar surface area (TPSA) is 109 Å². The minimum Gasteiger partial charge on any atom is -0.471 e. The molecule has 0 atom stereocenters. The van der Waals surface area contributed by atoms with Crippen LogP contribution in [0.25, 0.3) is 0 Å². The summed E-state index contributed by atoms with van der Waals surface area (Å²) in [4.78, 5) is 33.8. The quantitative estimate of drug-likeness (QED) is 0.471. The van der Waals surface area contributed by atoms with Crippen molar-refractivity contribution in [2.75, 3.05) is 0 Å². The number of carbonyl (C=O) groups excluding carboxylic acids is 3. The van der Waals surface area contributed by atoms with E-state index in [9.17, 15) is 19.5 Å². The van der Waals surface area contributed by atoms with Gasteiger partial charge in [0.15, 0.2) is 0 Å².